The van der Waals surface area contributed by atoms with Crippen molar-refractivity contribution >= 4 is 5.97 Å². The number of carboxylic acids is 1. The molecular weight excluding hydrogens is 269 g/mol. The Hall–Kier alpha value is -1.96. The smallest absolute Gasteiger partial charge is 0.497 e. The summed E-state index contributed by atoms with van der Waals surface area (Å²) in [7, 11) is 1.36. The van der Waals surface area contributed by atoms with Crippen LogP contribution < -0.4 is 9.47 Å². The molecule has 1 aromatic carbocycles. The highest BCUT2D eigenvalue weighted by Crippen LogP contribution is 2.24. The molecule has 0 aliphatic rings. The number of alkyl halides is 3. The largest absolute Gasteiger partial charge is 0.522 e. The first-order chi connectivity index (χ1) is 8.83. The number of aromatic carboxylic acids is 1. The Labute approximate surface area is 106 Å². The van der Waals surface area contributed by atoms with Crippen molar-refractivity contribution in [1.82, 2.24) is 0 Å². The predicted octanol–water partition coefficient (Wildman–Crippen LogP) is 2.31. The third-order valence-corrected chi connectivity index (χ3v) is 2.02. The average Bonchev–Trinajstić information content (AvgIpc) is 2.33. The van der Waals surface area contributed by atoms with Gasteiger partial charge in [0.05, 0.1) is 13.7 Å². The molecule has 0 heterocycles. The maximum Gasteiger partial charge on any atom is 0.522 e. The van der Waals surface area contributed by atoms with Gasteiger partial charge in [-0.25, -0.2) is 4.79 Å². The van der Waals surface area contributed by atoms with Gasteiger partial charge in [0.2, 0.25) is 0 Å². The zero-order chi connectivity index (χ0) is 14.5. The van der Waals surface area contributed by atoms with Gasteiger partial charge < -0.3 is 14.6 Å². The minimum absolute atomic E-state index is 0.0564. The van der Waals surface area contributed by atoms with E-state index >= 15 is 0 Å². The number of hydrogen-bond acceptors (Lipinski definition) is 4. The van der Waals surface area contributed by atoms with Crippen LogP contribution in [0.4, 0.5) is 13.2 Å². The molecular formula is C11H11F3O5. The molecule has 1 aromatic rings. The van der Waals surface area contributed by atoms with Gasteiger partial charge in [-0.3, -0.25) is 4.74 Å². The average molecular weight is 280 g/mol. The first kappa shape index (κ1) is 15.1. The maximum absolute atomic E-state index is 11.7. The molecule has 0 atom stereocenters. The van der Waals surface area contributed by atoms with Crippen molar-refractivity contribution in [3.05, 3.63) is 23.8 Å². The van der Waals surface area contributed by atoms with Gasteiger partial charge in [0.25, 0.3) is 0 Å². The number of ether oxygens (including phenoxy) is 3. The Balaban J connectivity index is 2.65. The number of rotatable bonds is 6. The van der Waals surface area contributed by atoms with Crippen molar-refractivity contribution in [1.29, 1.82) is 0 Å². The van der Waals surface area contributed by atoms with E-state index in [0.717, 1.165) is 0 Å². The van der Waals surface area contributed by atoms with E-state index in [1.54, 1.807) is 0 Å². The lowest BCUT2D eigenvalue weighted by Gasteiger charge is -2.11. The molecule has 0 unspecified atom stereocenters. The zero-order valence-electron chi connectivity index (χ0n) is 9.86. The molecule has 19 heavy (non-hydrogen) atoms. The summed E-state index contributed by atoms with van der Waals surface area (Å²) < 4.78 is 48.4. The lowest BCUT2D eigenvalue weighted by Crippen LogP contribution is -2.18. The zero-order valence-corrected chi connectivity index (χ0v) is 9.86. The van der Waals surface area contributed by atoms with Crippen LogP contribution in [0.5, 0.6) is 11.5 Å². The second-order valence-electron chi connectivity index (χ2n) is 3.31. The fourth-order valence-corrected chi connectivity index (χ4v) is 1.24. The second-order valence-corrected chi connectivity index (χ2v) is 3.31. The summed E-state index contributed by atoms with van der Waals surface area (Å²) in [5, 5.41) is 8.92. The quantitative estimate of drug-likeness (QED) is 0.810. The number of hydrogen-bond donors (Lipinski definition) is 1. The molecule has 0 bridgehead atoms. The minimum atomic E-state index is -4.74. The van der Waals surface area contributed by atoms with Gasteiger partial charge in [0, 0.05) is 0 Å². The minimum Gasteiger partial charge on any atom is -0.497 e. The monoisotopic (exact) mass is 280 g/mol. The van der Waals surface area contributed by atoms with Gasteiger partial charge >= 0.3 is 12.3 Å². The summed E-state index contributed by atoms with van der Waals surface area (Å²) in [5.74, 6) is -1.03. The van der Waals surface area contributed by atoms with E-state index in [9.17, 15) is 18.0 Å². The number of carboxylic acid groups (broad SMARTS) is 1. The summed E-state index contributed by atoms with van der Waals surface area (Å²) in [6.45, 7) is -1.15. The maximum atomic E-state index is 11.7. The lowest BCUT2D eigenvalue weighted by atomic mass is 10.2. The Morgan fingerprint density at radius 1 is 1.32 bits per heavy atom. The molecule has 0 spiro atoms. The summed E-state index contributed by atoms with van der Waals surface area (Å²) in [6, 6.07) is 3.95. The van der Waals surface area contributed by atoms with Gasteiger partial charge in [0.15, 0.2) is 0 Å². The normalized spacial score (nSPS) is 11.2. The van der Waals surface area contributed by atoms with E-state index in [4.69, 9.17) is 14.6 Å². The first-order valence-corrected chi connectivity index (χ1v) is 5.08. The Morgan fingerprint density at radius 2 is 2.00 bits per heavy atom. The van der Waals surface area contributed by atoms with Crippen LogP contribution in [0.1, 0.15) is 10.4 Å². The van der Waals surface area contributed by atoms with Gasteiger partial charge in [-0.05, 0) is 18.2 Å². The van der Waals surface area contributed by atoms with E-state index < -0.39 is 25.5 Å². The van der Waals surface area contributed by atoms with Crippen molar-refractivity contribution in [2.75, 3.05) is 20.3 Å². The molecule has 0 radical (unpaired) electrons. The molecule has 0 aliphatic heterocycles. The fraction of sp³-hybridized carbons (Fsp3) is 0.364. The van der Waals surface area contributed by atoms with Crippen molar-refractivity contribution in [2.24, 2.45) is 0 Å². The molecule has 106 valence electrons. The topological polar surface area (TPSA) is 65.0 Å². The number of methoxy groups -OCH3 is 1. The standard InChI is InChI=1S/C11H11F3O5/c1-17-7-2-3-9(8(6-7)10(15)16)18-4-5-19-11(12,13)14/h2-3,6H,4-5H2,1H3,(H,15,16). The molecule has 5 nitrogen and oxygen atoms in total. The lowest BCUT2D eigenvalue weighted by molar-refractivity contribution is -0.325. The van der Waals surface area contributed by atoms with E-state index in [2.05, 4.69) is 4.74 Å². The number of halogens is 3. The SMILES string of the molecule is COc1ccc(OCCOC(F)(F)F)c(C(=O)O)c1. The first-order valence-electron chi connectivity index (χ1n) is 5.08. The highest BCUT2D eigenvalue weighted by Gasteiger charge is 2.28. The van der Waals surface area contributed by atoms with Crippen molar-refractivity contribution in [3.8, 4) is 11.5 Å². The Morgan fingerprint density at radius 3 is 2.53 bits per heavy atom. The Kier molecular flexibility index (Phi) is 4.99. The predicted molar refractivity (Wildman–Crippen MR) is 57.5 cm³/mol. The van der Waals surface area contributed by atoms with Gasteiger partial charge in [-0.2, -0.15) is 0 Å². The molecule has 0 amide bonds. The van der Waals surface area contributed by atoms with Crippen molar-refractivity contribution in [3.63, 3.8) is 0 Å². The van der Waals surface area contributed by atoms with Crippen LogP contribution in [0.25, 0.3) is 0 Å². The number of carbonyl (C=O) groups is 1. The molecule has 8 heteroatoms. The summed E-state index contributed by atoms with van der Waals surface area (Å²) in [5.41, 5.74) is -0.202. The molecule has 1 rings (SSSR count). The van der Waals surface area contributed by atoms with E-state index in [0.29, 0.717) is 5.75 Å². The van der Waals surface area contributed by atoms with Gasteiger partial charge in [-0.1, -0.05) is 0 Å². The molecule has 0 aromatic heterocycles. The van der Waals surface area contributed by atoms with Gasteiger partial charge in [0.1, 0.15) is 23.7 Å². The van der Waals surface area contributed by atoms with Crippen LogP contribution >= 0.6 is 0 Å². The van der Waals surface area contributed by atoms with Crippen LogP contribution in [-0.2, 0) is 4.74 Å². The molecule has 0 fully saturated rings. The number of benzene rings is 1. The summed E-state index contributed by atoms with van der Waals surface area (Å²) >= 11 is 0. The molecule has 1 N–H and O–H groups in total. The highest BCUT2D eigenvalue weighted by molar-refractivity contribution is 5.91. The molecule has 0 saturated carbocycles. The highest BCUT2D eigenvalue weighted by atomic mass is 19.4. The second kappa shape index (κ2) is 6.28. The van der Waals surface area contributed by atoms with Crippen LogP contribution in [0.15, 0.2) is 18.2 Å². The van der Waals surface area contributed by atoms with E-state index in [-0.39, 0.29) is 11.3 Å². The fourth-order valence-electron chi connectivity index (χ4n) is 1.24. The van der Waals surface area contributed by atoms with Crippen LogP contribution in [0.2, 0.25) is 0 Å². The third kappa shape index (κ3) is 5.04. The van der Waals surface area contributed by atoms with Gasteiger partial charge in [-0.15, -0.1) is 13.2 Å². The van der Waals surface area contributed by atoms with Crippen molar-refractivity contribution < 1.29 is 37.3 Å². The van der Waals surface area contributed by atoms with Crippen LogP contribution in [0.3, 0.4) is 0 Å². The summed E-state index contributed by atoms with van der Waals surface area (Å²) in [4.78, 5) is 10.9. The van der Waals surface area contributed by atoms with Crippen LogP contribution in [0, 0.1) is 0 Å². The van der Waals surface area contributed by atoms with E-state index in [1.165, 1.54) is 25.3 Å². The Bertz CT molecular complexity index is 444. The molecule has 0 aliphatic carbocycles. The molecule has 0 saturated heterocycles. The third-order valence-electron chi connectivity index (χ3n) is 2.02. The van der Waals surface area contributed by atoms with E-state index in [1.807, 2.05) is 0 Å². The van der Waals surface area contributed by atoms with Crippen LogP contribution in [-0.4, -0.2) is 37.8 Å². The summed E-state index contributed by atoms with van der Waals surface area (Å²) in [6.07, 6.45) is -4.74. The van der Waals surface area contributed by atoms with Crippen molar-refractivity contribution in [2.45, 2.75) is 6.36 Å².